The molecule has 0 atom stereocenters. The van der Waals surface area contributed by atoms with E-state index in [-0.39, 0.29) is 5.91 Å². The van der Waals surface area contributed by atoms with E-state index in [1.165, 1.54) is 4.57 Å². The van der Waals surface area contributed by atoms with E-state index in [0.717, 1.165) is 11.3 Å². The molecule has 1 amide bonds. The molecule has 0 saturated heterocycles. The Morgan fingerprint density at radius 2 is 2.00 bits per heavy atom. The Hall–Kier alpha value is -3.35. The van der Waals surface area contributed by atoms with Gasteiger partial charge in [0.05, 0.1) is 17.6 Å². The maximum absolute atomic E-state index is 12.3. The maximum atomic E-state index is 12.3. The molecule has 0 bridgehead atoms. The third-order valence-electron chi connectivity index (χ3n) is 4.20. The number of rotatable bonds is 6. The quantitative estimate of drug-likeness (QED) is 0.513. The first-order chi connectivity index (χ1) is 13.0. The van der Waals surface area contributed by atoms with E-state index in [0.29, 0.717) is 36.3 Å². The van der Waals surface area contributed by atoms with Crippen LogP contribution in [-0.2, 0) is 6.54 Å². The van der Waals surface area contributed by atoms with E-state index in [1.807, 2.05) is 31.2 Å². The first-order valence-electron chi connectivity index (χ1n) is 8.74. The summed E-state index contributed by atoms with van der Waals surface area (Å²) in [7, 11) is 0. The molecule has 1 heterocycles. The van der Waals surface area contributed by atoms with E-state index in [9.17, 15) is 14.4 Å². The molecule has 0 spiro atoms. The van der Waals surface area contributed by atoms with Gasteiger partial charge in [-0.3, -0.25) is 14.4 Å². The number of carbonyl (C=O) groups excluding carboxylic acids is 1. The molecule has 0 fully saturated rings. The lowest BCUT2D eigenvalue weighted by atomic mass is 10.1. The topological polar surface area (TPSA) is 93.2 Å². The lowest BCUT2D eigenvalue weighted by molar-refractivity contribution is 0.0947. The van der Waals surface area contributed by atoms with Crippen molar-refractivity contribution in [2.24, 2.45) is 0 Å². The molecule has 2 aromatic carbocycles. The number of fused-ring (bicyclic) bond motifs is 1. The molecule has 0 radical (unpaired) electrons. The SMILES string of the molecule is CCn1c(=O)c(=O)[nH]c2cc(C(=O)NCCOc3cccc(C)c3)ccc21. The van der Waals surface area contributed by atoms with Gasteiger partial charge in [0.1, 0.15) is 12.4 Å². The number of nitrogens with zero attached hydrogens (tertiary/aromatic N) is 1. The van der Waals surface area contributed by atoms with Crippen LogP contribution in [0.15, 0.2) is 52.1 Å². The fraction of sp³-hybridized carbons (Fsp3) is 0.250. The molecule has 2 N–H and O–H groups in total. The van der Waals surface area contributed by atoms with Crippen LogP contribution in [0.3, 0.4) is 0 Å². The molecule has 0 aliphatic rings. The standard InChI is InChI=1S/C20H21N3O4/c1-3-23-17-8-7-14(12-16(17)22-19(25)20(23)26)18(24)21-9-10-27-15-6-4-5-13(2)11-15/h4-8,11-12H,3,9-10H2,1-2H3,(H,21,24)(H,22,25). The molecular formula is C20H21N3O4. The number of aromatic amines is 1. The van der Waals surface area contributed by atoms with Crippen LogP contribution >= 0.6 is 0 Å². The molecule has 7 heteroatoms. The predicted molar refractivity (Wildman–Crippen MR) is 104 cm³/mol. The van der Waals surface area contributed by atoms with Crippen molar-refractivity contribution >= 4 is 16.9 Å². The van der Waals surface area contributed by atoms with Crippen molar-refractivity contribution in [1.82, 2.24) is 14.9 Å². The number of carbonyl (C=O) groups is 1. The van der Waals surface area contributed by atoms with Crippen molar-refractivity contribution in [3.63, 3.8) is 0 Å². The van der Waals surface area contributed by atoms with Crippen molar-refractivity contribution in [2.75, 3.05) is 13.2 Å². The van der Waals surface area contributed by atoms with Gasteiger partial charge in [-0.05, 0) is 49.7 Å². The normalized spacial score (nSPS) is 10.7. The summed E-state index contributed by atoms with van der Waals surface area (Å²) in [6, 6.07) is 12.5. The van der Waals surface area contributed by atoms with Gasteiger partial charge < -0.3 is 19.6 Å². The van der Waals surface area contributed by atoms with Gasteiger partial charge in [-0.2, -0.15) is 0 Å². The molecule has 27 heavy (non-hydrogen) atoms. The Kier molecular flexibility index (Phi) is 5.40. The van der Waals surface area contributed by atoms with Crippen LogP contribution in [0.4, 0.5) is 0 Å². The third kappa shape index (κ3) is 4.08. The van der Waals surface area contributed by atoms with Gasteiger partial charge in [-0.15, -0.1) is 0 Å². The van der Waals surface area contributed by atoms with Crippen molar-refractivity contribution < 1.29 is 9.53 Å². The minimum absolute atomic E-state index is 0.278. The highest BCUT2D eigenvalue weighted by molar-refractivity contribution is 5.97. The lowest BCUT2D eigenvalue weighted by Gasteiger charge is -2.10. The Labute approximate surface area is 155 Å². The number of H-pyrrole nitrogens is 1. The minimum atomic E-state index is -0.700. The monoisotopic (exact) mass is 367 g/mol. The largest absolute Gasteiger partial charge is 0.492 e. The first-order valence-corrected chi connectivity index (χ1v) is 8.74. The molecule has 140 valence electrons. The summed E-state index contributed by atoms with van der Waals surface area (Å²) in [5.74, 6) is 0.477. The first kappa shape index (κ1) is 18.4. The summed E-state index contributed by atoms with van der Waals surface area (Å²) >= 11 is 0. The average molecular weight is 367 g/mol. The van der Waals surface area contributed by atoms with Crippen LogP contribution < -0.4 is 21.2 Å². The number of amides is 1. The van der Waals surface area contributed by atoms with Crippen molar-refractivity contribution in [2.45, 2.75) is 20.4 Å². The molecule has 1 aromatic heterocycles. The van der Waals surface area contributed by atoms with E-state index in [4.69, 9.17) is 4.74 Å². The number of nitrogens with one attached hydrogen (secondary N) is 2. The highest BCUT2D eigenvalue weighted by Gasteiger charge is 2.10. The summed E-state index contributed by atoms with van der Waals surface area (Å²) in [4.78, 5) is 38.5. The average Bonchev–Trinajstić information content (AvgIpc) is 2.66. The van der Waals surface area contributed by atoms with Gasteiger partial charge >= 0.3 is 11.1 Å². The number of aryl methyl sites for hydroxylation is 2. The zero-order valence-corrected chi connectivity index (χ0v) is 15.2. The van der Waals surface area contributed by atoms with E-state index in [2.05, 4.69) is 10.3 Å². The van der Waals surface area contributed by atoms with Crippen LogP contribution in [-0.4, -0.2) is 28.6 Å². The van der Waals surface area contributed by atoms with Crippen molar-refractivity contribution in [3.05, 3.63) is 74.3 Å². The number of aromatic nitrogens is 2. The predicted octanol–water partition coefficient (Wildman–Crippen LogP) is 1.83. The van der Waals surface area contributed by atoms with Gasteiger partial charge in [0.15, 0.2) is 0 Å². The molecule has 0 aliphatic carbocycles. The summed E-state index contributed by atoms with van der Waals surface area (Å²) in [5, 5.41) is 2.78. The van der Waals surface area contributed by atoms with Crippen molar-refractivity contribution in [3.8, 4) is 5.75 Å². The van der Waals surface area contributed by atoms with Gasteiger partial charge in [0, 0.05) is 12.1 Å². The number of benzene rings is 2. The smallest absolute Gasteiger partial charge is 0.316 e. The second kappa shape index (κ2) is 7.90. The Bertz CT molecular complexity index is 1100. The van der Waals surface area contributed by atoms with Gasteiger partial charge in [0.25, 0.3) is 5.91 Å². The summed E-state index contributed by atoms with van der Waals surface area (Å²) < 4.78 is 6.98. The van der Waals surface area contributed by atoms with E-state index < -0.39 is 11.1 Å². The second-order valence-corrected chi connectivity index (χ2v) is 6.16. The fourth-order valence-electron chi connectivity index (χ4n) is 2.88. The fourth-order valence-corrected chi connectivity index (χ4v) is 2.88. The molecule has 3 rings (SSSR count). The second-order valence-electron chi connectivity index (χ2n) is 6.16. The molecular weight excluding hydrogens is 346 g/mol. The number of ether oxygens (including phenoxy) is 1. The van der Waals surface area contributed by atoms with E-state index >= 15 is 0 Å². The Morgan fingerprint density at radius 1 is 1.19 bits per heavy atom. The van der Waals surface area contributed by atoms with Crippen molar-refractivity contribution in [1.29, 1.82) is 0 Å². The Morgan fingerprint density at radius 3 is 2.74 bits per heavy atom. The Balaban J connectivity index is 1.68. The minimum Gasteiger partial charge on any atom is -0.492 e. The number of hydrogen-bond acceptors (Lipinski definition) is 4. The summed E-state index contributed by atoms with van der Waals surface area (Å²) in [6.07, 6.45) is 0. The summed E-state index contributed by atoms with van der Waals surface area (Å²) in [6.45, 7) is 4.83. The lowest BCUT2D eigenvalue weighted by Crippen LogP contribution is -2.36. The highest BCUT2D eigenvalue weighted by Crippen LogP contribution is 2.13. The molecule has 3 aromatic rings. The van der Waals surface area contributed by atoms with Gasteiger partial charge in [0.2, 0.25) is 0 Å². The van der Waals surface area contributed by atoms with Gasteiger partial charge in [-0.1, -0.05) is 12.1 Å². The van der Waals surface area contributed by atoms with Crippen LogP contribution in [0.2, 0.25) is 0 Å². The zero-order chi connectivity index (χ0) is 19.4. The van der Waals surface area contributed by atoms with Crippen LogP contribution in [0.25, 0.3) is 11.0 Å². The van der Waals surface area contributed by atoms with E-state index in [1.54, 1.807) is 25.1 Å². The maximum Gasteiger partial charge on any atom is 0.316 e. The van der Waals surface area contributed by atoms with Crippen LogP contribution in [0, 0.1) is 6.92 Å². The molecule has 0 saturated carbocycles. The molecule has 7 nitrogen and oxygen atoms in total. The van der Waals surface area contributed by atoms with Gasteiger partial charge in [-0.25, -0.2) is 0 Å². The molecule has 0 unspecified atom stereocenters. The van der Waals surface area contributed by atoms with Crippen LogP contribution in [0.1, 0.15) is 22.8 Å². The zero-order valence-electron chi connectivity index (χ0n) is 15.2. The highest BCUT2D eigenvalue weighted by atomic mass is 16.5. The summed E-state index contributed by atoms with van der Waals surface area (Å²) in [5.41, 5.74) is 1.23. The molecule has 0 aliphatic heterocycles. The number of hydrogen-bond donors (Lipinski definition) is 2. The third-order valence-corrected chi connectivity index (χ3v) is 4.20. The van der Waals surface area contributed by atoms with Crippen LogP contribution in [0.5, 0.6) is 5.75 Å².